The predicted molar refractivity (Wildman–Crippen MR) is 90.6 cm³/mol. The molecule has 0 saturated carbocycles. The second kappa shape index (κ2) is 5.75. The molecule has 20 heavy (non-hydrogen) atoms. The Morgan fingerprint density at radius 3 is 2.85 bits per heavy atom. The van der Waals surface area contributed by atoms with Gasteiger partial charge in [0.15, 0.2) is 5.65 Å². The first kappa shape index (κ1) is 14.5. The Balaban J connectivity index is 2.13. The third-order valence-electron chi connectivity index (χ3n) is 2.88. The number of thiophene rings is 1. The topological polar surface area (TPSA) is 30.7 Å². The summed E-state index contributed by atoms with van der Waals surface area (Å²) in [6.45, 7) is 2.66. The van der Waals surface area contributed by atoms with Crippen LogP contribution in [0.2, 0.25) is 0 Å². The van der Waals surface area contributed by atoms with Crippen LogP contribution in [0.5, 0.6) is 0 Å². The molecule has 3 aromatic rings. The molecule has 1 unspecified atom stereocenters. The van der Waals surface area contributed by atoms with Gasteiger partial charge < -0.3 is 4.57 Å². The fraction of sp³-hybridized carbons (Fsp3) is 0.231. The molecular formula is C13H10Br2ClN3S. The van der Waals surface area contributed by atoms with E-state index in [1.807, 2.05) is 19.1 Å². The summed E-state index contributed by atoms with van der Waals surface area (Å²) in [5.74, 6) is 0.844. The molecule has 3 heterocycles. The summed E-state index contributed by atoms with van der Waals surface area (Å²) in [4.78, 5) is 10.3. The van der Waals surface area contributed by atoms with Crippen LogP contribution in [-0.4, -0.2) is 14.5 Å². The van der Waals surface area contributed by atoms with E-state index in [-0.39, 0.29) is 5.38 Å². The van der Waals surface area contributed by atoms with Crippen LogP contribution in [0.3, 0.4) is 0 Å². The average molecular weight is 436 g/mol. The molecule has 0 radical (unpaired) electrons. The number of hydrogen-bond donors (Lipinski definition) is 0. The lowest BCUT2D eigenvalue weighted by Gasteiger charge is -2.08. The van der Waals surface area contributed by atoms with Gasteiger partial charge in [0.05, 0.1) is 15.7 Å². The minimum atomic E-state index is -0.161. The quantitative estimate of drug-likeness (QED) is 0.518. The zero-order valence-corrected chi connectivity index (χ0v) is 15.2. The largest absolute Gasteiger partial charge is 0.306 e. The summed E-state index contributed by atoms with van der Waals surface area (Å²) in [6.07, 6.45) is 1.79. The van der Waals surface area contributed by atoms with Gasteiger partial charge in [0, 0.05) is 15.5 Å². The first-order valence-electron chi connectivity index (χ1n) is 5.94. The van der Waals surface area contributed by atoms with Crippen LogP contribution in [0.1, 0.15) is 23.0 Å². The van der Waals surface area contributed by atoms with Crippen molar-refractivity contribution in [2.75, 3.05) is 0 Å². The highest BCUT2D eigenvalue weighted by molar-refractivity contribution is 9.11. The van der Waals surface area contributed by atoms with Gasteiger partial charge in [0.25, 0.3) is 0 Å². The van der Waals surface area contributed by atoms with E-state index in [1.54, 1.807) is 17.5 Å². The number of rotatable bonds is 3. The molecule has 3 rings (SSSR count). The van der Waals surface area contributed by atoms with Crippen LogP contribution in [0.25, 0.3) is 11.2 Å². The number of hydrogen-bond acceptors (Lipinski definition) is 3. The van der Waals surface area contributed by atoms with Crippen molar-refractivity contribution in [3.63, 3.8) is 0 Å². The molecule has 0 saturated heterocycles. The minimum absolute atomic E-state index is 0.161. The van der Waals surface area contributed by atoms with E-state index in [2.05, 4.69) is 52.5 Å². The fourth-order valence-electron chi connectivity index (χ4n) is 2.06. The Labute approximate surface area is 142 Å². The molecule has 1 atom stereocenters. The maximum absolute atomic E-state index is 6.26. The number of fused-ring (bicyclic) bond motifs is 1. The zero-order valence-electron chi connectivity index (χ0n) is 10.5. The summed E-state index contributed by atoms with van der Waals surface area (Å²) >= 11 is 14.9. The maximum Gasteiger partial charge on any atom is 0.160 e. The molecule has 104 valence electrons. The van der Waals surface area contributed by atoms with Gasteiger partial charge >= 0.3 is 0 Å². The predicted octanol–water partition coefficient (Wildman–Crippen LogP) is 5.37. The summed E-state index contributed by atoms with van der Waals surface area (Å²) in [5.41, 5.74) is 1.72. The van der Waals surface area contributed by atoms with Crippen molar-refractivity contribution in [2.45, 2.75) is 18.8 Å². The Hall–Kier alpha value is -0.430. The van der Waals surface area contributed by atoms with Crippen molar-refractivity contribution in [1.82, 2.24) is 14.5 Å². The summed E-state index contributed by atoms with van der Waals surface area (Å²) in [5, 5.41) is -0.161. The minimum Gasteiger partial charge on any atom is -0.306 e. The van der Waals surface area contributed by atoms with E-state index >= 15 is 0 Å². The van der Waals surface area contributed by atoms with E-state index in [1.165, 1.54) is 4.88 Å². The number of pyridine rings is 1. The first-order valence-corrected chi connectivity index (χ1v) is 8.78. The molecule has 0 aliphatic rings. The third kappa shape index (κ3) is 2.79. The van der Waals surface area contributed by atoms with Crippen molar-refractivity contribution >= 4 is 66.0 Å². The van der Waals surface area contributed by atoms with Crippen molar-refractivity contribution in [3.8, 4) is 0 Å². The van der Waals surface area contributed by atoms with Gasteiger partial charge in [-0.3, -0.25) is 0 Å². The Morgan fingerprint density at radius 1 is 1.40 bits per heavy atom. The lowest BCUT2D eigenvalue weighted by Crippen LogP contribution is -2.05. The number of aromatic nitrogens is 3. The van der Waals surface area contributed by atoms with Crippen molar-refractivity contribution in [2.24, 2.45) is 0 Å². The van der Waals surface area contributed by atoms with Crippen LogP contribution in [0.15, 0.2) is 32.7 Å². The van der Waals surface area contributed by atoms with Gasteiger partial charge in [0.2, 0.25) is 0 Å². The van der Waals surface area contributed by atoms with Gasteiger partial charge in [0.1, 0.15) is 11.3 Å². The third-order valence-corrected chi connectivity index (χ3v) is 5.12. The molecule has 0 spiro atoms. The maximum atomic E-state index is 6.26. The smallest absolute Gasteiger partial charge is 0.160 e. The van der Waals surface area contributed by atoms with Gasteiger partial charge in [-0.15, -0.1) is 22.9 Å². The average Bonchev–Trinajstić information content (AvgIpc) is 2.94. The van der Waals surface area contributed by atoms with Gasteiger partial charge in [-0.1, -0.05) is 0 Å². The Morgan fingerprint density at radius 2 is 2.20 bits per heavy atom. The van der Waals surface area contributed by atoms with E-state index in [9.17, 15) is 0 Å². The number of imidazole rings is 1. The van der Waals surface area contributed by atoms with E-state index in [4.69, 9.17) is 11.6 Å². The SMILES string of the molecule is CC(Cl)c1nc2cc(Br)cnc2n1Cc1ccc(Br)s1. The molecular weight excluding hydrogens is 425 g/mol. The van der Waals surface area contributed by atoms with E-state index in [0.717, 1.165) is 31.8 Å². The lowest BCUT2D eigenvalue weighted by molar-refractivity contribution is 0.744. The zero-order chi connectivity index (χ0) is 14.3. The Kier molecular flexibility index (Phi) is 4.17. The monoisotopic (exact) mass is 433 g/mol. The molecule has 3 nitrogen and oxygen atoms in total. The summed E-state index contributed by atoms with van der Waals surface area (Å²) in [6, 6.07) is 6.11. The highest BCUT2D eigenvalue weighted by Crippen LogP contribution is 2.28. The molecule has 0 aliphatic carbocycles. The van der Waals surface area contributed by atoms with E-state index in [0.29, 0.717) is 0 Å². The molecule has 7 heteroatoms. The summed E-state index contributed by atoms with van der Waals surface area (Å²) < 4.78 is 4.12. The second-order valence-corrected chi connectivity index (χ2v) is 8.49. The van der Waals surface area contributed by atoms with Crippen molar-refractivity contribution in [1.29, 1.82) is 0 Å². The van der Waals surface area contributed by atoms with Gasteiger partial charge in [-0.05, 0) is 57.0 Å². The van der Waals surface area contributed by atoms with Crippen LogP contribution < -0.4 is 0 Å². The lowest BCUT2D eigenvalue weighted by atomic mass is 10.4. The Bertz CT molecular complexity index is 766. The van der Waals surface area contributed by atoms with Gasteiger partial charge in [-0.2, -0.15) is 0 Å². The van der Waals surface area contributed by atoms with Crippen molar-refractivity contribution < 1.29 is 0 Å². The molecule has 0 aromatic carbocycles. The molecule has 0 amide bonds. The normalized spacial score (nSPS) is 13.0. The van der Waals surface area contributed by atoms with Crippen LogP contribution in [0, 0.1) is 0 Å². The van der Waals surface area contributed by atoms with Crippen LogP contribution >= 0.6 is 54.8 Å². The van der Waals surface area contributed by atoms with Gasteiger partial charge in [-0.25, -0.2) is 9.97 Å². The van der Waals surface area contributed by atoms with E-state index < -0.39 is 0 Å². The highest BCUT2D eigenvalue weighted by Gasteiger charge is 2.17. The molecule has 0 bridgehead atoms. The summed E-state index contributed by atoms with van der Waals surface area (Å²) in [7, 11) is 0. The second-order valence-electron chi connectivity index (χ2n) is 4.37. The van der Waals surface area contributed by atoms with Crippen molar-refractivity contribution in [3.05, 3.63) is 43.4 Å². The number of halogens is 3. The number of alkyl halides is 1. The molecule has 0 N–H and O–H groups in total. The molecule has 0 fully saturated rings. The first-order chi connectivity index (χ1) is 9.54. The van der Waals surface area contributed by atoms with Crippen LogP contribution in [0.4, 0.5) is 0 Å². The fourth-order valence-corrected chi connectivity index (χ4v) is 4.01. The number of nitrogens with zero attached hydrogens (tertiary/aromatic N) is 3. The standard InChI is InChI=1S/C13H10Br2ClN3S/c1-7(16)12-18-10-4-8(14)5-17-13(10)19(12)6-9-2-3-11(15)20-9/h2-5,7H,6H2,1H3. The highest BCUT2D eigenvalue weighted by atomic mass is 79.9. The van der Waals surface area contributed by atoms with Crippen LogP contribution in [-0.2, 0) is 6.54 Å². The molecule has 3 aromatic heterocycles. The molecule has 0 aliphatic heterocycles.